The fourth-order valence-electron chi connectivity index (χ4n) is 2.98. The molecular formula is C23H22FNO2. The van der Waals surface area contributed by atoms with E-state index in [1.807, 2.05) is 42.5 Å². The van der Waals surface area contributed by atoms with Crippen LogP contribution in [-0.4, -0.2) is 18.0 Å². The van der Waals surface area contributed by atoms with E-state index < -0.39 is 0 Å². The van der Waals surface area contributed by atoms with E-state index in [0.717, 1.165) is 17.7 Å². The molecule has 3 nitrogen and oxygen atoms in total. The van der Waals surface area contributed by atoms with Gasteiger partial charge in [0.25, 0.3) is 0 Å². The Morgan fingerprint density at radius 2 is 1.26 bits per heavy atom. The molecule has 27 heavy (non-hydrogen) atoms. The molecule has 0 saturated carbocycles. The van der Waals surface area contributed by atoms with Crippen LogP contribution in [0.5, 0.6) is 0 Å². The van der Waals surface area contributed by atoms with E-state index in [-0.39, 0.29) is 11.8 Å². The number of carbonyl (C=O) groups excluding carboxylic acids is 1. The zero-order valence-electron chi connectivity index (χ0n) is 15.3. The number of nitrogens with zero attached hydrogens (tertiary/aromatic N) is 1. The van der Waals surface area contributed by atoms with Gasteiger partial charge in [-0.25, -0.2) is 9.18 Å². The first-order chi connectivity index (χ1) is 13.1. The van der Waals surface area contributed by atoms with Crippen molar-refractivity contribution in [3.8, 4) is 0 Å². The van der Waals surface area contributed by atoms with Crippen molar-refractivity contribution < 1.29 is 13.9 Å². The fourth-order valence-corrected chi connectivity index (χ4v) is 2.98. The maximum absolute atomic E-state index is 13.2. The number of halogens is 1. The Labute approximate surface area is 159 Å². The minimum atomic E-state index is -0.339. The third-order valence-corrected chi connectivity index (χ3v) is 4.35. The summed E-state index contributed by atoms with van der Waals surface area (Å²) < 4.78 is 17.9. The van der Waals surface area contributed by atoms with Crippen LogP contribution >= 0.6 is 0 Å². The van der Waals surface area contributed by atoms with Gasteiger partial charge in [0.2, 0.25) is 0 Å². The number of hydrogen-bond acceptors (Lipinski definition) is 3. The summed E-state index contributed by atoms with van der Waals surface area (Å²) in [5, 5.41) is 0. The van der Waals surface area contributed by atoms with Crippen molar-refractivity contribution in [3.05, 3.63) is 107 Å². The summed E-state index contributed by atoms with van der Waals surface area (Å²) in [4.78, 5) is 13.9. The summed E-state index contributed by atoms with van der Waals surface area (Å²) in [5.41, 5.74) is 3.90. The summed E-state index contributed by atoms with van der Waals surface area (Å²) in [6, 6.07) is 24.3. The zero-order valence-corrected chi connectivity index (χ0v) is 15.3. The van der Waals surface area contributed by atoms with Crippen LogP contribution in [0.4, 0.5) is 4.39 Å². The molecule has 0 unspecified atom stereocenters. The molecule has 0 bridgehead atoms. The Balaban J connectivity index is 1.76. The van der Waals surface area contributed by atoms with Gasteiger partial charge in [0, 0.05) is 19.6 Å². The molecule has 0 heterocycles. The predicted octanol–water partition coefficient (Wildman–Crippen LogP) is 4.81. The SMILES string of the molecule is COC(=O)c1ccc(CN(Cc2ccccc2)Cc2ccc(F)cc2)cc1. The average molecular weight is 363 g/mol. The molecule has 0 spiro atoms. The van der Waals surface area contributed by atoms with Gasteiger partial charge in [0.05, 0.1) is 12.7 Å². The number of methoxy groups -OCH3 is 1. The van der Waals surface area contributed by atoms with Gasteiger partial charge >= 0.3 is 5.97 Å². The minimum Gasteiger partial charge on any atom is -0.465 e. The molecule has 0 saturated heterocycles. The monoisotopic (exact) mass is 363 g/mol. The van der Waals surface area contributed by atoms with Crippen molar-refractivity contribution in [2.24, 2.45) is 0 Å². The molecule has 4 heteroatoms. The smallest absolute Gasteiger partial charge is 0.337 e. The maximum atomic E-state index is 13.2. The molecule has 0 N–H and O–H groups in total. The Hall–Kier alpha value is -2.98. The van der Waals surface area contributed by atoms with Crippen LogP contribution in [0.1, 0.15) is 27.0 Å². The second kappa shape index (κ2) is 9.10. The van der Waals surface area contributed by atoms with Crippen molar-refractivity contribution in [2.45, 2.75) is 19.6 Å². The fraction of sp³-hybridized carbons (Fsp3) is 0.174. The molecule has 138 valence electrons. The van der Waals surface area contributed by atoms with E-state index in [1.165, 1.54) is 24.8 Å². The van der Waals surface area contributed by atoms with Gasteiger partial charge in [-0.3, -0.25) is 4.90 Å². The average Bonchev–Trinajstić information content (AvgIpc) is 2.70. The lowest BCUT2D eigenvalue weighted by Crippen LogP contribution is -2.22. The standard InChI is InChI=1S/C23H22FNO2/c1-27-23(26)21-11-7-19(8-12-21)16-25(15-18-5-3-2-4-6-18)17-20-9-13-22(24)14-10-20/h2-14H,15-17H2,1H3. The lowest BCUT2D eigenvalue weighted by Gasteiger charge is -2.23. The molecule has 0 aliphatic rings. The van der Waals surface area contributed by atoms with Crippen LogP contribution < -0.4 is 0 Å². The van der Waals surface area contributed by atoms with E-state index in [1.54, 1.807) is 12.1 Å². The summed E-state index contributed by atoms with van der Waals surface area (Å²) in [5.74, 6) is -0.569. The maximum Gasteiger partial charge on any atom is 0.337 e. The molecule has 0 amide bonds. The second-order valence-electron chi connectivity index (χ2n) is 6.45. The number of carbonyl (C=O) groups is 1. The summed E-state index contributed by atoms with van der Waals surface area (Å²) >= 11 is 0. The van der Waals surface area contributed by atoms with Crippen LogP contribution in [0, 0.1) is 5.82 Å². The number of hydrogen-bond donors (Lipinski definition) is 0. The Morgan fingerprint density at radius 1 is 0.778 bits per heavy atom. The molecule has 3 aromatic rings. The molecular weight excluding hydrogens is 341 g/mol. The lowest BCUT2D eigenvalue weighted by molar-refractivity contribution is 0.0600. The van der Waals surface area contributed by atoms with Gasteiger partial charge in [0.1, 0.15) is 5.82 Å². The summed E-state index contributed by atoms with van der Waals surface area (Å²) in [7, 11) is 1.38. The molecule has 0 fully saturated rings. The van der Waals surface area contributed by atoms with Gasteiger partial charge in [-0.2, -0.15) is 0 Å². The summed E-state index contributed by atoms with van der Waals surface area (Å²) in [6.45, 7) is 2.19. The summed E-state index contributed by atoms with van der Waals surface area (Å²) in [6.07, 6.45) is 0. The first-order valence-electron chi connectivity index (χ1n) is 8.82. The zero-order chi connectivity index (χ0) is 19.1. The van der Waals surface area contributed by atoms with E-state index >= 15 is 0 Å². The van der Waals surface area contributed by atoms with Crippen LogP contribution in [0.3, 0.4) is 0 Å². The van der Waals surface area contributed by atoms with Crippen molar-refractivity contribution in [1.82, 2.24) is 4.90 Å². The van der Waals surface area contributed by atoms with E-state index in [0.29, 0.717) is 18.7 Å². The third-order valence-electron chi connectivity index (χ3n) is 4.35. The Kier molecular flexibility index (Phi) is 6.34. The van der Waals surface area contributed by atoms with Crippen molar-refractivity contribution in [2.75, 3.05) is 7.11 Å². The molecule has 0 atom stereocenters. The van der Waals surface area contributed by atoms with E-state index in [4.69, 9.17) is 4.74 Å². The van der Waals surface area contributed by atoms with E-state index in [2.05, 4.69) is 17.0 Å². The number of ether oxygens (including phenoxy) is 1. The highest BCUT2D eigenvalue weighted by atomic mass is 19.1. The highest BCUT2D eigenvalue weighted by Gasteiger charge is 2.10. The van der Waals surface area contributed by atoms with Gasteiger partial charge in [-0.05, 0) is 41.0 Å². The first-order valence-corrected chi connectivity index (χ1v) is 8.82. The van der Waals surface area contributed by atoms with Gasteiger partial charge in [-0.1, -0.05) is 54.6 Å². The predicted molar refractivity (Wildman–Crippen MR) is 104 cm³/mol. The molecule has 3 rings (SSSR count). The minimum absolute atomic E-state index is 0.230. The van der Waals surface area contributed by atoms with Crippen LogP contribution in [-0.2, 0) is 24.4 Å². The van der Waals surface area contributed by atoms with Crippen molar-refractivity contribution >= 4 is 5.97 Å². The van der Waals surface area contributed by atoms with Crippen molar-refractivity contribution in [1.29, 1.82) is 0 Å². The first kappa shape index (κ1) is 18.8. The van der Waals surface area contributed by atoms with Crippen LogP contribution in [0.25, 0.3) is 0 Å². The van der Waals surface area contributed by atoms with Crippen LogP contribution in [0.15, 0.2) is 78.9 Å². The highest BCUT2D eigenvalue weighted by molar-refractivity contribution is 5.89. The van der Waals surface area contributed by atoms with E-state index in [9.17, 15) is 9.18 Å². The topological polar surface area (TPSA) is 29.5 Å². The largest absolute Gasteiger partial charge is 0.465 e. The van der Waals surface area contributed by atoms with Gasteiger partial charge in [-0.15, -0.1) is 0 Å². The highest BCUT2D eigenvalue weighted by Crippen LogP contribution is 2.15. The van der Waals surface area contributed by atoms with Gasteiger partial charge in [0.15, 0.2) is 0 Å². The van der Waals surface area contributed by atoms with Crippen LogP contribution in [0.2, 0.25) is 0 Å². The molecule has 0 aliphatic carbocycles. The van der Waals surface area contributed by atoms with Crippen molar-refractivity contribution in [3.63, 3.8) is 0 Å². The molecule has 0 aliphatic heterocycles. The third kappa shape index (κ3) is 5.50. The second-order valence-corrected chi connectivity index (χ2v) is 6.45. The number of rotatable bonds is 7. The normalized spacial score (nSPS) is 10.8. The molecule has 3 aromatic carbocycles. The molecule has 0 radical (unpaired) electrons. The number of esters is 1. The Morgan fingerprint density at radius 3 is 1.78 bits per heavy atom. The molecule has 0 aromatic heterocycles. The number of benzene rings is 3. The van der Waals surface area contributed by atoms with Gasteiger partial charge < -0.3 is 4.74 Å². The Bertz CT molecular complexity index is 861. The quantitative estimate of drug-likeness (QED) is 0.564. The lowest BCUT2D eigenvalue weighted by atomic mass is 10.1.